The highest BCUT2D eigenvalue weighted by atomic mass is 16.7. The van der Waals surface area contributed by atoms with E-state index < -0.39 is 5.60 Å². The average Bonchev–Trinajstić information content (AvgIpc) is 2.55. The minimum atomic E-state index is -1.01. The van der Waals surface area contributed by atoms with Crippen LogP contribution >= 0.6 is 0 Å². The van der Waals surface area contributed by atoms with Crippen molar-refractivity contribution in [3.63, 3.8) is 0 Å². The number of hydrogen-bond acceptors (Lipinski definition) is 5. The molecule has 1 heterocycles. The fourth-order valence-corrected chi connectivity index (χ4v) is 4.78. The smallest absolute Gasteiger partial charge is 0.147 e. The highest BCUT2D eigenvalue weighted by molar-refractivity contribution is 5.34. The van der Waals surface area contributed by atoms with Crippen molar-refractivity contribution in [2.24, 2.45) is 17.3 Å². The summed E-state index contributed by atoms with van der Waals surface area (Å²) in [6.45, 7) is 7.49. The molecule has 4 aliphatic rings. The molecule has 0 radical (unpaired) electrons. The van der Waals surface area contributed by atoms with Crippen molar-refractivity contribution in [1.29, 1.82) is 0 Å². The van der Waals surface area contributed by atoms with Gasteiger partial charge < -0.3 is 24.1 Å². The molecule has 1 fully saturated rings. The van der Waals surface area contributed by atoms with E-state index in [0.717, 1.165) is 18.6 Å². The number of ether oxygens (including phenoxy) is 4. The first-order valence-corrected chi connectivity index (χ1v) is 8.76. The molecule has 0 amide bonds. The van der Waals surface area contributed by atoms with E-state index >= 15 is 0 Å². The zero-order chi connectivity index (χ0) is 17.5. The second kappa shape index (κ2) is 6.36. The van der Waals surface area contributed by atoms with E-state index in [1.54, 1.807) is 14.2 Å². The normalized spacial score (nSPS) is 37.9. The third-order valence-electron chi connectivity index (χ3n) is 6.04. The molecule has 1 saturated carbocycles. The molecular formula is C19H30O5. The number of hydrogen-bond donors (Lipinski definition) is 1. The van der Waals surface area contributed by atoms with E-state index in [1.807, 2.05) is 6.08 Å². The van der Waals surface area contributed by atoms with Gasteiger partial charge >= 0.3 is 0 Å². The van der Waals surface area contributed by atoms with E-state index in [0.29, 0.717) is 18.8 Å². The molecule has 0 aromatic carbocycles. The van der Waals surface area contributed by atoms with Gasteiger partial charge in [0.2, 0.25) is 0 Å². The molecule has 136 valence electrons. The van der Waals surface area contributed by atoms with Crippen molar-refractivity contribution in [3.05, 3.63) is 23.2 Å². The Bertz CT molecular complexity index is 550. The predicted octanol–water partition coefficient (Wildman–Crippen LogP) is 3.00. The van der Waals surface area contributed by atoms with Crippen LogP contribution in [0.15, 0.2) is 23.2 Å². The molecule has 4 rings (SSSR count). The summed E-state index contributed by atoms with van der Waals surface area (Å²) >= 11 is 0. The highest BCUT2D eigenvalue weighted by Gasteiger charge is 2.59. The SMILES string of the molecule is COCO[C@H]1C=C([C@@]2(O)C[C@H]3C(C)=C(OC)[C@H]2CC3(C)C)OCC1. The second-order valence-corrected chi connectivity index (χ2v) is 7.96. The van der Waals surface area contributed by atoms with Crippen LogP contribution in [0.4, 0.5) is 0 Å². The molecule has 0 aromatic rings. The van der Waals surface area contributed by atoms with Crippen molar-refractivity contribution >= 4 is 0 Å². The largest absolute Gasteiger partial charge is 0.501 e. The molecule has 0 saturated heterocycles. The predicted molar refractivity (Wildman–Crippen MR) is 90.1 cm³/mol. The molecule has 2 bridgehead atoms. The molecule has 0 aromatic heterocycles. The molecule has 1 aliphatic heterocycles. The molecule has 5 nitrogen and oxygen atoms in total. The van der Waals surface area contributed by atoms with E-state index in [1.165, 1.54) is 5.57 Å². The van der Waals surface area contributed by atoms with Crippen LogP contribution in [0.5, 0.6) is 0 Å². The monoisotopic (exact) mass is 338 g/mol. The highest BCUT2D eigenvalue weighted by Crippen LogP contribution is 2.60. The van der Waals surface area contributed by atoms with Crippen molar-refractivity contribution in [1.82, 2.24) is 0 Å². The van der Waals surface area contributed by atoms with Gasteiger partial charge in [-0.15, -0.1) is 0 Å². The summed E-state index contributed by atoms with van der Waals surface area (Å²) in [6, 6.07) is 0. The average molecular weight is 338 g/mol. The quantitative estimate of drug-likeness (QED) is 0.781. The summed E-state index contributed by atoms with van der Waals surface area (Å²) in [4.78, 5) is 0. The van der Waals surface area contributed by atoms with Crippen LogP contribution < -0.4 is 0 Å². The Hall–Kier alpha value is -1.04. The zero-order valence-corrected chi connectivity index (χ0v) is 15.4. The Morgan fingerprint density at radius 3 is 2.67 bits per heavy atom. The second-order valence-electron chi connectivity index (χ2n) is 7.96. The van der Waals surface area contributed by atoms with Crippen molar-refractivity contribution in [3.8, 4) is 0 Å². The summed E-state index contributed by atoms with van der Waals surface area (Å²) in [5.41, 5.74) is 0.414. The van der Waals surface area contributed by atoms with Gasteiger partial charge in [0.25, 0.3) is 0 Å². The van der Waals surface area contributed by atoms with Crippen LogP contribution in [0.25, 0.3) is 0 Å². The van der Waals surface area contributed by atoms with Gasteiger partial charge in [0, 0.05) is 13.5 Å². The minimum Gasteiger partial charge on any atom is -0.501 e. The summed E-state index contributed by atoms with van der Waals surface area (Å²) in [5, 5.41) is 11.6. The van der Waals surface area contributed by atoms with Crippen molar-refractivity contribution in [2.45, 2.75) is 51.7 Å². The lowest BCUT2D eigenvalue weighted by molar-refractivity contribution is -0.129. The summed E-state index contributed by atoms with van der Waals surface area (Å²) in [7, 11) is 3.31. The molecule has 0 unspecified atom stereocenters. The fraction of sp³-hybridized carbons (Fsp3) is 0.789. The number of methoxy groups -OCH3 is 2. The Balaban J connectivity index is 1.92. The van der Waals surface area contributed by atoms with Gasteiger partial charge in [-0.05, 0) is 42.7 Å². The molecule has 5 heteroatoms. The van der Waals surface area contributed by atoms with Gasteiger partial charge in [-0.3, -0.25) is 0 Å². The number of aliphatic hydroxyl groups is 1. The summed E-state index contributed by atoms with van der Waals surface area (Å²) < 4.78 is 22.2. The Kier molecular flexibility index (Phi) is 4.71. The lowest BCUT2D eigenvalue weighted by Gasteiger charge is -2.56. The first-order chi connectivity index (χ1) is 11.3. The number of rotatable bonds is 5. The first-order valence-electron chi connectivity index (χ1n) is 8.76. The van der Waals surface area contributed by atoms with Gasteiger partial charge in [-0.1, -0.05) is 13.8 Å². The number of fused-ring (bicyclic) bond motifs is 2. The van der Waals surface area contributed by atoms with Crippen LogP contribution in [0.3, 0.4) is 0 Å². The zero-order valence-electron chi connectivity index (χ0n) is 15.4. The van der Waals surface area contributed by atoms with E-state index in [-0.39, 0.29) is 30.1 Å². The topological polar surface area (TPSA) is 57.2 Å². The molecular weight excluding hydrogens is 308 g/mol. The first kappa shape index (κ1) is 17.8. The minimum absolute atomic E-state index is 0.0741. The Morgan fingerprint density at radius 2 is 2.00 bits per heavy atom. The molecule has 4 atom stereocenters. The van der Waals surface area contributed by atoms with Gasteiger partial charge in [-0.25, -0.2) is 0 Å². The maximum Gasteiger partial charge on any atom is 0.147 e. The Labute approximate surface area is 144 Å². The lowest BCUT2D eigenvalue weighted by Crippen LogP contribution is -2.56. The van der Waals surface area contributed by atoms with Crippen LogP contribution in [0.2, 0.25) is 0 Å². The van der Waals surface area contributed by atoms with E-state index in [4.69, 9.17) is 18.9 Å². The lowest BCUT2D eigenvalue weighted by atomic mass is 9.52. The third-order valence-corrected chi connectivity index (χ3v) is 6.04. The van der Waals surface area contributed by atoms with Crippen LogP contribution in [-0.4, -0.2) is 44.4 Å². The Morgan fingerprint density at radius 1 is 1.25 bits per heavy atom. The summed E-state index contributed by atoms with van der Waals surface area (Å²) in [5.74, 6) is 1.78. The molecule has 0 spiro atoms. The van der Waals surface area contributed by atoms with Crippen LogP contribution in [0, 0.1) is 17.3 Å². The van der Waals surface area contributed by atoms with Gasteiger partial charge in [-0.2, -0.15) is 0 Å². The number of allylic oxidation sites excluding steroid dienone is 1. The maximum atomic E-state index is 11.6. The van der Waals surface area contributed by atoms with E-state index in [2.05, 4.69) is 20.8 Å². The standard InChI is InChI=1S/C19H30O5/c1-12-14-10-19(20,15(17(12)22-5)9-18(14,2)3)16-8-13(6-7-23-16)24-11-21-4/h8,13-15,20H,6-7,9-11H2,1-5H3/t13-,14+,15-,19-/m1/s1. The van der Waals surface area contributed by atoms with E-state index in [9.17, 15) is 5.11 Å². The van der Waals surface area contributed by atoms with Gasteiger partial charge in [0.15, 0.2) is 0 Å². The summed E-state index contributed by atoms with van der Waals surface area (Å²) in [6.07, 6.45) is 4.18. The molecule has 24 heavy (non-hydrogen) atoms. The van der Waals surface area contributed by atoms with Gasteiger partial charge in [0.1, 0.15) is 23.9 Å². The fourth-order valence-electron chi connectivity index (χ4n) is 4.78. The molecule has 3 aliphatic carbocycles. The van der Waals surface area contributed by atoms with Gasteiger partial charge in [0.05, 0.1) is 25.7 Å². The third kappa shape index (κ3) is 2.76. The van der Waals surface area contributed by atoms with Crippen LogP contribution in [0.1, 0.15) is 40.0 Å². The maximum absolute atomic E-state index is 11.6. The molecule has 1 N–H and O–H groups in total. The van der Waals surface area contributed by atoms with Crippen LogP contribution in [-0.2, 0) is 18.9 Å². The van der Waals surface area contributed by atoms with Crippen molar-refractivity contribution < 1.29 is 24.1 Å². The van der Waals surface area contributed by atoms with Crippen molar-refractivity contribution in [2.75, 3.05) is 27.6 Å².